The number of aromatic nitrogens is 3. The molecule has 1 aromatic carbocycles. The molecule has 0 spiro atoms. The summed E-state index contributed by atoms with van der Waals surface area (Å²) in [6.07, 6.45) is 2.21. The zero-order chi connectivity index (χ0) is 18.4. The fourth-order valence-electron chi connectivity index (χ4n) is 3.34. The van der Waals surface area contributed by atoms with Crippen LogP contribution in [0.25, 0.3) is 11.4 Å². The van der Waals surface area contributed by atoms with Gasteiger partial charge in [-0.25, -0.2) is 4.39 Å². The predicted molar refractivity (Wildman–Crippen MR) is 91.5 cm³/mol. The van der Waals surface area contributed by atoms with Gasteiger partial charge in [0.1, 0.15) is 5.76 Å². The van der Waals surface area contributed by atoms with E-state index in [0.717, 1.165) is 24.2 Å². The fourth-order valence-corrected chi connectivity index (χ4v) is 3.34. The Morgan fingerprint density at radius 1 is 1.19 bits per heavy atom. The average molecular weight is 368 g/mol. The second-order valence-corrected chi connectivity index (χ2v) is 7.12. The van der Waals surface area contributed by atoms with Gasteiger partial charge >= 0.3 is 0 Å². The first-order valence-electron chi connectivity index (χ1n) is 8.97. The molecule has 1 atom stereocenters. The number of benzene rings is 1. The lowest BCUT2D eigenvalue weighted by Crippen LogP contribution is -2.32. The third-order valence-corrected chi connectivity index (χ3v) is 5.08. The molecule has 8 heteroatoms. The summed E-state index contributed by atoms with van der Waals surface area (Å²) in [6, 6.07) is 10.9. The summed E-state index contributed by atoms with van der Waals surface area (Å²) < 4.78 is 25.8. The molecule has 2 aromatic heterocycles. The Labute approximate surface area is 154 Å². The number of rotatable bonds is 4. The van der Waals surface area contributed by atoms with Crippen molar-refractivity contribution < 1.29 is 18.2 Å². The molecule has 2 fully saturated rings. The standard InChI is InChI=1S/C19H17FN4O3/c20-19(18-21-16(23-27-18)13-4-2-1-3-5-13)8-9-24(11-19)17(25)14-10-15(26-22-14)12-6-7-12/h1-5,10,12H,6-9,11H2. The Balaban J connectivity index is 1.33. The predicted octanol–water partition coefficient (Wildman–Crippen LogP) is 3.31. The van der Waals surface area contributed by atoms with Crippen LogP contribution in [0, 0.1) is 0 Å². The number of amides is 1. The number of halogens is 1. The lowest BCUT2D eigenvalue weighted by atomic mass is 10.1. The molecule has 2 aliphatic rings. The molecule has 138 valence electrons. The van der Waals surface area contributed by atoms with Crippen molar-refractivity contribution in [1.82, 2.24) is 20.2 Å². The van der Waals surface area contributed by atoms with Crippen LogP contribution in [0.3, 0.4) is 0 Å². The topological polar surface area (TPSA) is 85.3 Å². The van der Waals surface area contributed by atoms with Gasteiger partial charge < -0.3 is 13.9 Å². The van der Waals surface area contributed by atoms with Crippen LogP contribution >= 0.6 is 0 Å². The van der Waals surface area contributed by atoms with Crippen LogP contribution in [-0.4, -0.2) is 39.2 Å². The molecule has 1 amide bonds. The van der Waals surface area contributed by atoms with Gasteiger partial charge in [0.25, 0.3) is 11.8 Å². The van der Waals surface area contributed by atoms with Crippen molar-refractivity contribution in [3.05, 3.63) is 53.7 Å². The number of carbonyl (C=O) groups is 1. The minimum atomic E-state index is -1.86. The highest BCUT2D eigenvalue weighted by atomic mass is 19.1. The summed E-state index contributed by atoms with van der Waals surface area (Å²) in [5.41, 5.74) is -0.896. The van der Waals surface area contributed by atoms with Crippen molar-refractivity contribution in [3.8, 4) is 11.4 Å². The molecule has 0 N–H and O–H groups in total. The van der Waals surface area contributed by atoms with Gasteiger partial charge in [-0.1, -0.05) is 40.6 Å². The monoisotopic (exact) mass is 368 g/mol. The summed E-state index contributed by atoms with van der Waals surface area (Å²) in [5, 5.41) is 7.72. The molecule has 0 radical (unpaired) electrons. The third-order valence-electron chi connectivity index (χ3n) is 5.08. The number of likely N-dealkylation sites (tertiary alicyclic amines) is 1. The van der Waals surface area contributed by atoms with Crippen molar-refractivity contribution in [2.24, 2.45) is 0 Å². The van der Waals surface area contributed by atoms with Gasteiger partial charge in [-0.3, -0.25) is 4.79 Å². The maximum absolute atomic E-state index is 15.4. The summed E-state index contributed by atoms with van der Waals surface area (Å²) in [6.45, 7) is 0.109. The van der Waals surface area contributed by atoms with Crippen molar-refractivity contribution in [2.45, 2.75) is 30.8 Å². The van der Waals surface area contributed by atoms with Crippen LogP contribution in [0.2, 0.25) is 0 Å². The first kappa shape index (κ1) is 16.2. The van der Waals surface area contributed by atoms with Gasteiger partial charge in [0.2, 0.25) is 11.5 Å². The lowest BCUT2D eigenvalue weighted by molar-refractivity contribution is 0.0707. The van der Waals surface area contributed by atoms with Crippen LogP contribution in [0.1, 0.15) is 47.3 Å². The summed E-state index contributed by atoms with van der Waals surface area (Å²) in [7, 11) is 0. The molecular weight excluding hydrogens is 351 g/mol. The number of carbonyl (C=O) groups excluding carboxylic acids is 1. The molecule has 27 heavy (non-hydrogen) atoms. The molecule has 1 aliphatic carbocycles. The molecule has 1 aliphatic heterocycles. The molecule has 1 saturated heterocycles. The van der Waals surface area contributed by atoms with Gasteiger partial charge in [0.15, 0.2) is 5.69 Å². The van der Waals surface area contributed by atoms with Crippen molar-refractivity contribution in [2.75, 3.05) is 13.1 Å². The zero-order valence-corrected chi connectivity index (χ0v) is 14.5. The zero-order valence-electron chi connectivity index (χ0n) is 14.5. The molecule has 0 bridgehead atoms. The molecular formula is C19H17FN4O3. The Hall–Kier alpha value is -3.03. The van der Waals surface area contributed by atoms with Crippen molar-refractivity contribution in [3.63, 3.8) is 0 Å². The highest BCUT2D eigenvalue weighted by Crippen LogP contribution is 2.41. The van der Waals surface area contributed by atoms with E-state index in [1.54, 1.807) is 6.07 Å². The van der Waals surface area contributed by atoms with Crippen LogP contribution in [0.5, 0.6) is 0 Å². The van der Waals surface area contributed by atoms with E-state index in [1.807, 2.05) is 30.3 Å². The number of hydrogen-bond acceptors (Lipinski definition) is 6. The molecule has 7 nitrogen and oxygen atoms in total. The lowest BCUT2D eigenvalue weighted by Gasteiger charge is -2.16. The summed E-state index contributed by atoms with van der Waals surface area (Å²) in [5.74, 6) is 0.989. The highest BCUT2D eigenvalue weighted by Gasteiger charge is 2.47. The second-order valence-electron chi connectivity index (χ2n) is 7.12. The highest BCUT2D eigenvalue weighted by molar-refractivity contribution is 5.92. The van der Waals surface area contributed by atoms with Crippen molar-refractivity contribution in [1.29, 1.82) is 0 Å². The molecule has 5 rings (SSSR count). The quantitative estimate of drug-likeness (QED) is 0.702. The summed E-state index contributed by atoms with van der Waals surface area (Å²) in [4.78, 5) is 18.2. The third kappa shape index (κ3) is 2.90. The first-order chi connectivity index (χ1) is 13.1. The minimum Gasteiger partial charge on any atom is -0.360 e. The van der Waals surface area contributed by atoms with Crippen LogP contribution in [-0.2, 0) is 5.67 Å². The normalized spacial score (nSPS) is 22.3. The van der Waals surface area contributed by atoms with E-state index < -0.39 is 5.67 Å². The number of nitrogens with zero attached hydrogens (tertiary/aromatic N) is 4. The maximum atomic E-state index is 15.4. The Bertz CT molecular complexity index is 982. The summed E-state index contributed by atoms with van der Waals surface area (Å²) >= 11 is 0. The van der Waals surface area contributed by atoms with Crippen LogP contribution in [0.4, 0.5) is 4.39 Å². The molecule has 3 aromatic rings. The van der Waals surface area contributed by atoms with E-state index in [1.165, 1.54) is 4.90 Å². The molecule has 3 heterocycles. The van der Waals surface area contributed by atoms with Gasteiger partial charge in [0, 0.05) is 30.5 Å². The Morgan fingerprint density at radius 2 is 2.00 bits per heavy atom. The Morgan fingerprint density at radius 3 is 2.78 bits per heavy atom. The van der Waals surface area contributed by atoms with Gasteiger partial charge in [-0.15, -0.1) is 0 Å². The fraction of sp³-hybridized carbons (Fsp3) is 0.368. The largest absolute Gasteiger partial charge is 0.360 e. The first-order valence-corrected chi connectivity index (χ1v) is 8.97. The van der Waals surface area contributed by atoms with Crippen LogP contribution in [0.15, 0.2) is 45.4 Å². The Kier molecular flexibility index (Phi) is 3.60. The van der Waals surface area contributed by atoms with Crippen LogP contribution < -0.4 is 0 Å². The average Bonchev–Trinajstić information content (AvgIpc) is 3.12. The minimum absolute atomic E-state index is 0.0997. The van der Waals surface area contributed by atoms with E-state index in [-0.39, 0.29) is 37.0 Å². The van der Waals surface area contributed by atoms with E-state index in [4.69, 9.17) is 9.05 Å². The smallest absolute Gasteiger partial charge is 0.276 e. The number of hydrogen-bond donors (Lipinski definition) is 0. The SMILES string of the molecule is O=C(c1cc(C2CC2)on1)N1CCC(F)(c2nc(-c3ccccc3)no2)C1. The van der Waals surface area contributed by atoms with E-state index in [0.29, 0.717) is 11.7 Å². The van der Waals surface area contributed by atoms with Gasteiger partial charge in [-0.2, -0.15) is 4.98 Å². The molecule has 1 unspecified atom stereocenters. The maximum Gasteiger partial charge on any atom is 0.276 e. The molecule has 1 saturated carbocycles. The second kappa shape index (κ2) is 6.00. The van der Waals surface area contributed by atoms with Crippen molar-refractivity contribution >= 4 is 5.91 Å². The van der Waals surface area contributed by atoms with Gasteiger partial charge in [-0.05, 0) is 12.8 Å². The van der Waals surface area contributed by atoms with Gasteiger partial charge in [0.05, 0.1) is 6.54 Å². The van der Waals surface area contributed by atoms with E-state index in [2.05, 4.69) is 15.3 Å². The van der Waals surface area contributed by atoms with E-state index >= 15 is 4.39 Å². The number of alkyl halides is 1. The van der Waals surface area contributed by atoms with E-state index in [9.17, 15) is 4.79 Å².